The highest BCUT2D eigenvalue weighted by Crippen LogP contribution is 2.28. The molecule has 1 aromatic heterocycles. The largest absolute Gasteiger partial charge is 0.433 e. The Morgan fingerprint density at radius 3 is 2.71 bits per heavy atom. The van der Waals surface area contributed by atoms with E-state index in [1.807, 2.05) is 18.7 Å². The van der Waals surface area contributed by atoms with E-state index in [4.69, 9.17) is 0 Å². The number of nitrogens with one attached hydrogen (secondary N) is 1. The van der Waals surface area contributed by atoms with Crippen molar-refractivity contribution in [3.8, 4) is 0 Å². The van der Waals surface area contributed by atoms with Gasteiger partial charge in [0.15, 0.2) is 0 Å². The average Bonchev–Trinajstić information content (AvgIpc) is 2.71. The first kappa shape index (κ1) is 18.4. The number of hydrogen-bond donors (Lipinski definition) is 1. The zero-order valence-corrected chi connectivity index (χ0v) is 13.8. The summed E-state index contributed by atoms with van der Waals surface area (Å²) in [5.41, 5.74) is -0.940. The van der Waals surface area contributed by atoms with E-state index >= 15 is 0 Å². The lowest BCUT2D eigenvalue weighted by Crippen LogP contribution is -2.41. The van der Waals surface area contributed by atoms with Gasteiger partial charge in [-0.25, -0.2) is 9.97 Å². The van der Waals surface area contributed by atoms with E-state index in [0.717, 1.165) is 18.7 Å². The maximum atomic E-state index is 12.8. The van der Waals surface area contributed by atoms with Crippen LogP contribution in [0.5, 0.6) is 0 Å². The Morgan fingerprint density at radius 1 is 1.29 bits per heavy atom. The molecular formula is C15H22F3N5O. The van der Waals surface area contributed by atoms with Crippen LogP contribution in [0.4, 0.5) is 19.1 Å². The molecule has 6 nitrogen and oxygen atoms in total. The third-order valence-electron chi connectivity index (χ3n) is 3.62. The average molecular weight is 345 g/mol. The van der Waals surface area contributed by atoms with Crippen molar-refractivity contribution in [3.05, 3.63) is 18.0 Å². The fraction of sp³-hybridized carbons (Fsp3) is 0.667. The number of aromatic nitrogens is 2. The molecule has 0 aromatic carbocycles. The van der Waals surface area contributed by atoms with E-state index in [1.54, 1.807) is 4.90 Å². The molecule has 1 aliphatic rings. The molecule has 9 heteroatoms. The molecule has 2 rings (SSSR count). The van der Waals surface area contributed by atoms with E-state index < -0.39 is 11.9 Å². The summed E-state index contributed by atoms with van der Waals surface area (Å²) in [5.74, 6) is 0.0343. The molecule has 1 saturated heterocycles. The number of halogens is 3. The molecule has 1 N–H and O–H groups in total. The summed E-state index contributed by atoms with van der Waals surface area (Å²) in [6, 6.07) is 0.948. The molecule has 0 saturated carbocycles. The van der Waals surface area contributed by atoms with E-state index in [1.165, 1.54) is 0 Å². The lowest BCUT2D eigenvalue weighted by Gasteiger charge is -2.22. The van der Waals surface area contributed by atoms with Crippen LogP contribution in [0, 0.1) is 0 Å². The van der Waals surface area contributed by atoms with Crippen LogP contribution in [0.2, 0.25) is 0 Å². The van der Waals surface area contributed by atoms with E-state index in [0.29, 0.717) is 26.2 Å². The molecule has 0 atom stereocenters. The number of anilines is 1. The van der Waals surface area contributed by atoms with Crippen LogP contribution in [0.3, 0.4) is 0 Å². The van der Waals surface area contributed by atoms with Gasteiger partial charge in [-0.1, -0.05) is 0 Å². The van der Waals surface area contributed by atoms with E-state index in [9.17, 15) is 18.0 Å². The second-order valence-corrected chi connectivity index (χ2v) is 6.08. The van der Waals surface area contributed by atoms with Gasteiger partial charge in [0.1, 0.15) is 5.69 Å². The van der Waals surface area contributed by atoms with Crippen LogP contribution in [0.1, 0.15) is 26.0 Å². The first-order valence-electron chi connectivity index (χ1n) is 7.92. The SMILES string of the molecule is CC(C)NC(=O)CN1CCCN(c2nccc(C(F)(F)F)n2)CC1. The Kier molecular flexibility index (Phi) is 5.98. The number of amides is 1. The minimum Gasteiger partial charge on any atom is -0.353 e. The Bertz CT molecular complexity index is 564. The molecule has 1 aliphatic heterocycles. The minimum atomic E-state index is -4.48. The fourth-order valence-corrected chi connectivity index (χ4v) is 2.56. The van der Waals surface area contributed by atoms with Gasteiger partial charge >= 0.3 is 6.18 Å². The minimum absolute atomic E-state index is 0.0474. The summed E-state index contributed by atoms with van der Waals surface area (Å²) in [5, 5.41) is 2.83. The Labute approximate surface area is 139 Å². The quantitative estimate of drug-likeness (QED) is 0.897. The molecule has 0 spiro atoms. The van der Waals surface area contributed by atoms with E-state index in [-0.39, 0.29) is 24.4 Å². The molecule has 1 amide bonds. The molecule has 0 radical (unpaired) electrons. The van der Waals surface area contributed by atoms with Gasteiger partial charge in [0, 0.05) is 38.4 Å². The zero-order chi connectivity index (χ0) is 17.7. The van der Waals surface area contributed by atoms with Crippen LogP contribution in [0.15, 0.2) is 12.3 Å². The highest BCUT2D eigenvalue weighted by molar-refractivity contribution is 5.78. The van der Waals surface area contributed by atoms with Crippen molar-refractivity contribution in [2.24, 2.45) is 0 Å². The van der Waals surface area contributed by atoms with Crippen molar-refractivity contribution >= 4 is 11.9 Å². The first-order valence-corrected chi connectivity index (χ1v) is 7.92. The molecule has 134 valence electrons. The number of alkyl halides is 3. The summed E-state index contributed by atoms with van der Waals surface area (Å²) in [7, 11) is 0. The van der Waals surface area contributed by atoms with Crippen molar-refractivity contribution in [2.45, 2.75) is 32.5 Å². The third kappa shape index (κ3) is 5.33. The summed E-state index contributed by atoms with van der Waals surface area (Å²) in [4.78, 5) is 23.1. The van der Waals surface area contributed by atoms with Gasteiger partial charge in [0.2, 0.25) is 11.9 Å². The molecule has 0 unspecified atom stereocenters. The van der Waals surface area contributed by atoms with Gasteiger partial charge in [0.25, 0.3) is 0 Å². The predicted molar refractivity (Wildman–Crippen MR) is 83.6 cm³/mol. The van der Waals surface area contributed by atoms with E-state index in [2.05, 4.69) is 15.3 Å². The number of nitrogens with zero attached hydrogens (tertiary/aromatic N) is 4. The molecule has 1 aromatic rings. The van der Waals surface area contributed by atoms with Crippen LogP contribution < -0.4 is 10.2 Å². The number of carbonyl (C=O) groups is 1. The standard InChI is InChI=1S/C15H22F3N5O/c1-11(2)20-13(24)10-22-6-3-7-23(9-8-22)14-19-5-4-12(21-14)15(16,17)18/h4-5,11H,3,6-10H2,1-2H3,(H,20,24). The monoisotopic (exact) mass is 345 g/mol. The highest BCUT2D eigenvalue weighted by Gasteiger charge is 2.33. The molecule has 1 fully saturated rings. The first-order chi connectivity index (χ1) is 11.3. The van der Waals surface area contributed by atoms with Crippen molar-refractivity contribution in [3.63, 3.8) is 0 Å². The summed E-state index contributed by atoms with van der Waals surface area (Å²) < 4.78 is 38.3. The van der Waals surface area contributed by atoms with Gasteiger partial charge in [-0.3, -0.25) is 9.69 Å². The molecular weight excluding hydrogens is 323 g/mol. The Balaban J connectivity index is 1.97. The predicted octanol–water partition coefficient (Wildman–Crippen LogP) is 1.53. The smallest absolute Gasteiger partial charge is 0.353 e. The van der Waals surface area contributed by atoms with Crippen LogP contribution in [-0.4, -0.2) is 59.5 Å². The zero-order valence-electron chi connectivity index (χ0n) is 13.8. The summed E-state index contributed by atoms with van der Waals surface area (Å²) in [6.45, 7) is 6.40. The van der Waals surface area contributed by atoms with Crippen LogP contribution >= 0.6 is 0 Å². The summed E-state index contributed by atoms with van der Waals surface area (Å²) >= 11 is 0. The van der Waals surface area contributed by atoms with Gasteiger partial charge in [-0.05, 0) is 26.3 Å². The molecule has 0 bridgehead atoms. The van der Waals surface area contributed by atoms with Crippen molar-refractivity contribution < 1.29 is 18.0 Å². The van der Waals surface area contributed by atoms with Crippen molar-refractivity contribution in [1.29, 1.82) is 0 Å². The Hall–Kier alpha value is -1.90. The topological polar surface area (TPSA) is 61.4 Å². The van der Waals surface area contributed by atoms with Crippen LogP contribution in [0.25, 0.3) is 0 Å². The van der Waals surface area contributed by atoms with Crippen molar-refractivity contribution in [1.82, 2.24) is 20.2 Å². The Morgan fingerprint density at radius 2 is 2.04 bits per heavy atom. The molecule has 2 heterocycles. The maximum Gasteiger partial charge on any atom is 0.433 e. The van der Waals surface area contributed by atoms with Gasteiger partial charge in [-0.15, -0.1) is 0 Å². The third-order valence-corrected chi connectivity index (χ3v) is 3.62. The number of hydrogen-bond acceptors (Lipinski definition) is 5. The fourth-order valence-electron chi connectivity index (χ4n) is 2.56. The second-order valence-electron chi connectivity index (χ2n) is 6.08. The van der Waals surface area contributed by atoms with Crippen molar-refractivity contribution in [2.75, 3.05) is 37.6 Å². The molecule has 24 heavy (non-hydrogen) atoms. The lowest BCUT2D eigenvalue weighted by atomic mass is 10.3. The highest BCUT2D eigenvalue weighted by atomic mass is 19.4. The van der Waals surface area contributed by atoms with Gasteiger partial charge in [-0.2, -0.15) is 13.2 Å². The normalized spacial score (nSPS) is 17.0. The number of rotatable bonds is 4. The second kappa shape index (κ2) is 7.78. The lowest BCUT2D eigenvalue weighted by molar-refractivity contribution is -0.141. The van der Waals surface area contributed by atoms with Crippen LogP contribution in [-0.2, 0) is 11.0 Å². The van der Waals surface area contributed by atoms with Gasteiger partial charge in [0.05, 0.1) is 6.54 Å². The number of carbonyl (C=O) groups excluding carboxylic acids is 1. The molecule has 0 aliphatic carbocycles. The maximum absolute atomic E-state index is 12.8. The summed E-state index contributed by atoms with van der Waals surface area (Å²) in [6.07, 6.45) is -2.62. The van der Waals surface area contributed by atoms with Gasteiger partial charge < -0.3 is 10.2 Å².